The Morgan fingerprint density at radius 2 is 1.93 bits per heavy atom. The van der Waals surface area contributed by atoms with Gasteiger partial charge in [-0.15, -0.1) is 0 Å². The molecule has 1 rings (SSSR count). The lowest BCUT2D eigenvalue weighted by Crippen LogP contribution is -2.12. The number of benzene rings is 1. The fourth-order valence-electron chi connectivity index (χ4n) is 1.03. The Balaban J connectivity index is 2.97. The Bertz CT molecular complexity index is 467. The van der Waals surface area contributed by atoms with Crippen molar-refractivity contribution < 1.29 is 22.7 Å². The van der Waals surface area contributed by atoms with Crippen LogP contribution in [0.15, 0.2) is 29.2 Å². The molecule has 0 atom stereocenters. The third-order valence-corrected chi connectivity index (χ3v) is 3.50. The summed E-state index contributed by atoms with van der Waals surface area (Å²) >= 11 is 0. The van der Waals surface area contributed by atoms with Gasteiger partial charge < -0.3 is 5.11 Å². The second-order valence-electron chi connectivity index (χ2n) is 2.89. The molecule has 0 heterocycles. The van der Waals surface area contributed by atoms with Crippen LogP contribution >= 0.6 is 0 Å². The maximum atomic E-state index is 13.1. The van der Waals surface area contributed by atoms with Crippen LogP contribution in [0.25, 0.3) is 0 Å². The van der Waals surface area contributed by atoms with Crippen molar-refractivity contribution in [3.63, 3.8) is 0 Å². The van der Waals surface area contributed by atoms with Crippen molar-refractivity contribution in [2.75, 3.05) is 5.75 Å². The third kappa shape index (κ3) is 3.02. The van der Waals surface area contributed by atoms with Crippen molar-refractivity contribution in [1.82, 2.24) is 0 Å². The molecule has 0 unspecified atom stereocenters. The van der Waals surface area contributed by atoms with Gasteiger partial charge in [-0.3, -0.25) is 4.79 Å². The van der Waals surface area contributed by atoms with Gasteiger partial charge in [0.2, 0.25) is 0 Å². The van der Waals surface area contributed by atoms with Crippen LogP contribution in [0.3, 0.4) is 0 Å². The van der Waals surface area contributed by atoms with E-state index in [0.717, 1.165) is 12.1 Å². The van der Waals surface area contributed by atoms with Gasteiger partial charge in [0.1, 0.15) is 10.7 Å². The van der Waals surface area contributed by atoms with Gasteiger partial charge in [0.25, 0.3) is 0 Å². The zero-order valence-electron chi connectivity index (χ0n) is 7.68. The summed E-state index contributed by atoms with van der Waals surface area (Å²) in [4.78, 5) is 9.75. The maximum Gasteiger partial charge on any atom is 0.304 e. The lowest BCUT2D eigenvalue weighted by Gasteiger charge is -2.03. The Morgan fingerprint density at radius 3 is 2.47 bits per heavy atom. The van der Waals surface area contributed by atoms with E-state index in [1.165, 1.54) is 12.1 Å². The maximum absolute atomic E-state index is 13.1. The van der Waals surface area contributed by atoms with E-state index in [-0.39, 0.29) is 0 Å². The molecule has 0 aromatic heterocycles. The van der Waals surface area contributed by atoms with Crippen molar-refractivity contribution in [3.8, 4) is 0 Å². The first-order chi connectivity index (χ1) is 6.93. The van der Waals surface area contributed by atoms with Crippen LogP contribution in [0.2, 0.25) is 0 Å². The predicted molar refractivity (Wildman–Crippen MR) is 50.7 cm³/mol. The van der Waals surface area contributed by atoms with Crippen molar-refractivity contribution >= 4 is 15.8 Å². The summed E-state index contributed by atoms with van der Waals surface area (Å²) in [5.74, 6) is -2.68. The second kappa shape index (κ2) is 4.39. The van der Waals surface area contributed by atoms with Crippen LogP contribution in [0.4, 0.5) is 4.39 Å². The molecular formula is C9H9FO4S. The number of sulfone groups is 1. The van der Waals surface area contributed by atoms with Crippen LogP contribution < -0.4 is 0 Å². The van der Waals surface area contributed by atoms with E-state index in [1.54, 1.807) is 0 Å². The van der Waals surface area contributed by atoms with Crippen LogP contribution in [-0.4, -0.2) is 25.2 Å². The van der Waals surface area contributed by atoms with Crippen LogP contribution in [0, 0.1) is 5.82 Å². The molecule has 0 radical (unpaired) electrons. The minimum Gasteiger partial charge on any atom is -0.481 e. The summed E-state index contributed by atoms with van der Waals surface area (Å²) in [6, 6.07) is 4.89. The van der Waals surface area contributed by atoms with Crippen LogP contribution in [0.5, 0.6) is 0 Å². The standard InChI is InChI=1S/C9H9FO4S/c10-7-3-1-2-4-8(7)15(13,14)6-5-9(11)12/h1-4H,5-6H2,(H,11,12). The first-order valence-corrected chi connectivity index (χ1v) is 5.78. The largest absolute Gasteiger partial charge is 0.481 e. The fraction of sp³-hybridized carbons (Fsp3) is 0.222. The van der Waals surface area contributed by atoms with Gasteiger partial charge in [-0.25, -0.2) is 12.8 Å². The van der Waals surface area contributed by atoms with Gasteiger partial charge in [0, 0.05) is 0 Å². The molecule has 0 aliphatic rings. The number of aliphatic carboxylic acids is 1. The molecule has 6 heteroatoms. The first-order valence-electron chi connectivity index (χ1n) is 4.12. The molecule has 1 aromatic rings. The van der Waals surface area contributed by atoms with Gasteiger partial charge in [-0.1, -0.05) is 12.1 Å². The summed E-state index contributed by atoms with van der Waals surface area (Å²) in [6.45, 7) is 0. The van der Waals surface area contributed by atoms with Crippen molar-refractivity contribution in [1.29, 1.82) is 0 Å². The molecule has 0 bridgehead atoms. The normalized spacial score (nSPS) is 11.3. The van der Waals surface area contributed by atoms with Crippen LogP contribution in [-0.2, 0) is 14.6 Å². The average molecular weight is 232 g/mol. The molecular weight excluding hydrogens is 223 g/mol. The predicted octanol–water partition coefficient (Wildman–Crippen LogP) is 1.07. The quantitative estimate of drug-likeness (QED) is 0.843. The lowest BCUT2D eigenvalue weighted by atomic mass is 10.3. The zero-order valence-corrected chi connectivity index (χ0v) is 8.50. The van der Waals surface area contributed by atoms with E-state index in [2.05, 4.69) is 0 Å². The molecule has 1 N–H and O–H groups in total. The minimum absolute atomic E-state index is 0.453. The Morgan fingerprint density at radius 1 is 1.33 bits per heavy atom. The van der Waals surface area contributed by atoms with Crippen molar-refractivity contribution in [2.45, 2.75) is 11.3 Å². The first kappa shape index (κ1) is 11.6. The summed E-state index contributed by atoms with van der Waals surface area (Å²) in [5, 5.41) is 8.33. The second-order valence-corrected chi connectivity index (χ2v) is 4.97. The third-order valence-electron chi connectivity index (χ3n) is 1.76. The molecule has 82 valence electrons. The highest BCUT2D eigenvalue weighted by atomic mass is 32.2. The summed E-state index contributed by atoms with van der Waals surface area (Å²) in [7, 11) is -3.84. The highest BCUT2D eigenvalue weighted by Crippen LogP contribution is 2.15. The SMILES string of the molecule is O=C(O)CCS(=O)(=O)c1ccccc1F. The monoisotopic (exact) mass is 232 g/mol. The van der Waals surface area contributed by atoms with Crippen molar-refractivity contribution in [2.24, 2.45) is 0 Å². The topological polar surface area (TPSA) is 71.4 Å². The highest BCUT2D eigenvalue weighted by Gasteiger charge is 2.19. The molecule has 4 nitrogen and oxygen atoms in total. The number of carbonyl (C=O) groups is 1. The van der Waals surface area contributed by atoms with E-state index in [4.69, 9.17) is 5.11 Å². The summed E-state index contributed by atoms with van der Waals surface area (Å²) < 4.78 is 36.0. The zero-order chi connectivity index (χ0) is 11.5. The van der Waals surface area contributed by atoms with E-state index in [9.17, 15) is 17.6 Å². The Labute approximate surface area is 86.3 Å². The Hall–Kier alpha value is -1.43. The summed E-state index contributed by atoms with van der Waals surface area (Å²) in [5.41, 5.74) is 0. The van der Waals surface area contributed by atoms with E-state index >= 15 is 0 Å². The molecule has 0 amide bonds. The molecule has 0 saturated carbocycles. The molecule has 0 aliphatic heterocycles. The molecule has 0 fully saturated rings. The highest BCUT2D eigenvalue weighted by molar-refractivity contribution is 7.91. The minimum atomic E-state index is -3.84. The molecule has 15 heavy (non-hydrogen) atoms. The molecule has 1 aromatic carbocycles. The molecule has 0 spiro atoms. The number of rotatable bonds is 4. The number of carboxylic acid groups (broad SMARTS) is 1. The van der Waals surface area contributed by atoms with Gasteiger partial charge in [0.05, 0.1) is 12.2 Å². The van der Waals surface area contributed by atoms with Gasteiger partial charge >= 0.3 is 5.97 Å². The number of halogens is 1. The number of hydrogen-bond acceptors (Lipinski definition) is 3. The van der Waals surface area contributed by atoms with Gasteiger partial charge in [-0.2, -0.15) is 0 Å². The van der Waals surface area contributed by atoms with E-state index < -0.39 is 38.7 Å². The van der Waals surface area contributed by atoms with Crippen molar-refractivity contribution in [3.05, 3.63) is 30.1 Å². The van der Waals surface area contributed by atoms with Gasteiger partial charge in [0.15, 0.2) is 9.84 Å². The number of hydrogen-bond donors (Lipinski definition) is 1. The molecule has 0 saturated heterocycles. The van der Waals surface area contributed by atoms with Gasteiger partial charge in [-0.05, 0) is 12.1 Å². The fourth-order valence-corrected chi connectivity index (χ4v) is 2.34. The number of carboxylic acids is 1. The summed E-state index contributed by atoms with van der Waals surface area (Å²) in [6.07, 6.45) is -0.531. The smallest absolute Gasteiger partial charge is 0.304 e. The lowest BCUT2D eigenvalue weighted by molar-refractivity contribution is -0.136. The van der Waals surface area contributed by atoms with E-state index in [1.807, 2.05) is 0 Å². The van der Waals surface area contributed by atoms with Crippen LogP contribution in [0.1, 0.15) is 6.42 Å². The Kier molecular flexibility index (Phi) is 3.41. The van der Waals surface area contributed by atoms with E-state index in [0.29, 0.717) is 0 Å². The average Bonchev–Trinajstić information content (AvgIpc) is 2.15. The molecule has 0 aliphatic carbocycles.